The summed E-state index contributed by atoms with van der Waals surface area (Å²) in [6.45, 7) is 4.39. The molecule has 7 heteroatoms. The van der Waals surface area contributed by atoms with Crippen LogP contribution in [0.15, 0.2) is 35.7 Å². The van der Waals surface area contributed by atoms with Crippen LogP contribution in [-0.2, 0) is 11.3 Å². The molecular weight excluding hydrogens is 324 g/mol. The van der Waals surface area contributed by atoms with E-state index >= 15 is 0 Å². The van der Waals surface area contributed by atoms with Crippen molar-refractivity contribution in [3.05, 3.63) is 46.8 Å². The highest BCUT2D eigenvalue weighted by Gasteiger charge is 2.13. The summed E-state index contributed by atoms with van der Waals surface area (Å²) in [6, 6.07) is 9.71. The monoisotopic (exact) mass is 342 g/mol. The molecule has 1 aromatic carbocycles. The van der Waals surface area contributed by atoms with Gasteiger partial charge in [0.05, 0.1) is 18.6 Å². The van der Waals surface area contributed by atoms with Crippen molar-refractivity contribution in [2.75, 3.05) is 31.6 Å². The Morgan fingerprint density at radius 2 is 2.04 bits per heavy atom. The van der Waals surface area contributed by atoms with Gasteiger partial charge in [-0.1, -0.05) is 12.1 Å². The summed E-state index contributed by atoms with van der Waals surface area (Å²) in [6.07, 6.45) is 0. The number of nitrogens with one attached hydrogen (secondary N) is 2. The first-order valence-electron chi connectivity index (χ1n) is 7.91. The van der Waals surface area contributed by atoms with Crippen LogP contribution in [0.5, 0.6) is 0 Å². The van der Waals surface area contributed by atoms with E-state index in [1.54, 1.807) is 11.3 Å². The Balaban J connectivity index is 1.42. The summed E-state index contributed by atoms with van der Waals surface area (Å²) in [4.78, 5) is 15.6. The predicted molar refractivity (Wildman–Crippen MR) is 94.5 cm³/mol. The minimum absolute atomic E-state index is 0.135. The third kappa shape index (κ3) is 3.19. The zero-order valence-electron chi connectivity index (χ0n) is 13.1. The fourth-order valence-electron chi connectivity index (χ4n) is 2.81. The number of fused-ring (bicyclic) bond motifs is 1. The average molecular weight is 342 g/mol. The quantitative estimate of drug-likeness (QED) is 0.765. The summed E-state index contributed by atoms with van der Waals surface area (Å²) in [5.41, 5.74) is 1.84. The molecule has 3 aromatic rings. The highest BCUT2D eigenvalue weighted by Crippen LogP contribution is 2.25. The Morgan fingerprint density at radius 3 is 2.83 bits per heavy atom. The van der Waals surface area contributed by atoms with Gasteiger partial charge in [-0.25, -0.2) is 0 Å². The maximum absolute atomic E-state index is 12.4. The topological polar surface area (TPSA) is 70.2 Å². The van der Waals surface area contributed by atoms with Crippen molar-refractivity contribution in [1.29, 1.82) is 0 Å². The van der Waals surface area contributed by atoms with Gasteiger partial charge in [0, 0.05) is 25.2 Å². The number of H-pyrrole nitrogens is 1. The molecule has 1 fully saturated rings. The minimum Gasteiger partial charge on any atom is -0.379 e. The Kier molecular flexibility index (Phi) is 4.29. The van der Waals surface area contributed by atoms with E-state index in [4.69, 9.17) is 4.74 Å². The molecule has 0 bridgehead atoms. The molecule has 3 heterocycles. The Morgan fingerprint density at radius 1 is 1.25 bits per heavy atom. The normalized spacial score (nSPS) is 15.7. The SMILES string of the molecule is O=C(Nc1[nH]nc2sccc12)c1ccc(CN2CCOCC2)cc1. The largest absolute Gasteiger partial charge is 0.379 e. The summed E-state index contributed by atoms with van der Waals surface area (Å²) in [5.74, 6) is 0.512. The van der Waals surface area contributed by atoms with Gasteiger partial charge in [-0.15, -0.1) is 11.3 Å². The van der Waals surface area contributed by atoms with E-state index in [1.165, 1.54) is 5.56 Å². The lowest BCUT2D eigenvalue weighted by Crippen LogP contribution is -2.35. The van der Waals surface area contributed by atoms with Gasteiger partial charge >= 0.3 is 0 Å². The maximum Gasteiger partial charge on any atom is 0.256 e. The van der Waals surface area contributed by atoms with E-state index in [1.807, 2.05) is 35.7 Å². The second-order valence-electron chi connectivity index (χ2n) is 5.78. The van der Waals surface area contributed by atoms with Crippen LogP contribution in [0.25, 0.3) is 10.2 Å². The van der Waals surface area contributed by atoms with Crippen LogP contribution in [0.2, 0.25) is 0 Å². The number of rotatable bonds is 4. The van der Waals surface area contributed by atoms with E-state index in [0.717, 1.165) is 43.1 Å². The lowest BCUT2D eigenvalue weighted by molar-refractivity contribution is 0.0342. The molecule has 0 spiro atoms. The highest BCUT2D eigenvalue weighted by atomic mass is 32.1. The number of carbonyl (C=O) groups excluding carboxylic acids is 1. The van der Waals surface area contributed by atoms with Gasteiger partial charge in [-0.05, 0) is 29.1 Å². The lowest BCUT2D eigenvalue weighted by Gasteiger charge is -2.26. The number of aromatic amines is 1. The van der Waals surface area contributed by atoms with Crippen molar-refractivity contribution in [1.82, 2.24) is 15.1 Å². The fourth-order valence-corrected chi connectivity index (χ4v) is 3.53. The second kappa shape index (κ2) is 6.72. The van der Waals surface area contributed by atoms with Crippen molar-refractivity contribution in [3.8, 4) is 0 Å². The number of hydrogen-bond acceptors (Lipinski definition) is 5. The third-order valence-electron chi connectivity index (χ3n) is 4.15. The van der Waals surface area contributed by atoms with E-state index in [-0.39, 0.29) is 5.91 Å². The molecule has 1 aliphatic rings. The zero-order chi connectivity index (χ0) is 16.4. The summed E-state index contributed by atoms with van der Waals surface area (Å²) in [7, 11) is 0. The molecule has 2 N–H and O–H groups in total. The van der Waals surface area contributed by atoms with Crippen LogP contribution in [0.3, 0.4) is 0 Å². The van der Waals surface area contributed by atoms with E-state index in [2.05, 4.69) is 20.4 Å². The number of hydrogen-bond donors (Lipinski definition) is 2. The molecule has 124 valence electrons. The molecule has 6 nitrogen and oxygen atoms in total. The van der Waals surface area contributed by atoms with Crippen LogP contribution in [-0.4, -0.2) is 47.3 Å². The molecule has 1 aliphatic heterocycles. The molecule has 0 aliphatic carbocycles. The Hall–Kier alpha value is -2.22. The van der Waals surface area contributed by atoms with Gasteiger partial charge in [0.25, 0.3) is 5.91 Å². The van der Waals surface area contributed by atoms with Gasteiger partial charge in [-0.3, -0.25) is 14.8 Å². The standard InChI is InChI=1S/C17H18N4O2S/c22-16(18-15-14-5-10-24-17(14)20-19-15)13-3-1-12(2-4-13)11-21-6-8-23-9-7-21/h1-5,10H,6-9,11H2,(H2,18,19,20,22). The molecule has 4 rings (SSSR count). The smallest absolute Gasteiger partial charge is 0.256 e. The number of benzene rings is 1. The van der Waals surface area contributed by atoms with Crippen LogP contribution in [0, 0.1) is 0 Å². The number of nitrogens with zero attached hydrogens (tertiary/aromatic N) is 2. The van der Waals surface area contributed by atoms with Crippen LogP contribution in [0.1, 0.15) is 15.9 Å². The molecule has 1 amide bonds. The predicted octanol–water partition coefficient (Wildman–Crippen LogP) is 2.71. The number of aromatic nitrogens is 2. The Labute approximate surface area is 143 Å². The van der Waals surface area contributed by atoms with Crippen LogP contribution in [0.4, 0.5) is 5.82 Å². The van der Waals surface area contributed by atoms with Gasteiger partial charge in [0.2, 0.25) is 0 Å². The van der Waals surface area contributed by atoms with Gasteiger partial charge in [-0.2, -0.15) is 5.10 Å². The first-order valence-corrected chi connectivity index (χ1v) is 8.79. The van der Waals surface area contributed by atoms with Crippen LogP contribution < -0.4 is 5.32 Å². The molecule has 1 saturated heterocycles. The molecule has 0 unspecified atom stereocenters. The summed E-state index contributed by atoms with van der Waals surface area (Å²) in [5, 5.41) is 12.8. The fraction of sp³-hybridized carbons (Fsp3) is 0.294. The molecule has 0 radical (unpaired) electrons. The number of anilines is 1. The van der Waals surface area contributed by atoms with Crippen molar-refractivity contribution in [2.45, 2.75) is 6.54 Å². The maximum atomic E-state index is 12.4. The van der Waals surface area contributed by atoms with Gasteiger partial charge < -0.3 is 10.1 Å². The highest BCUT2D eigenvalue weighted by molar-refractivity contribution is 7.16. The first kappa shape index (κ1) is 15.3. The Bertz CT molecular complexity index is 834. The molecule has 0 atom stereocenters. The second-order valence-corrected chi connectivity index (χ2v) is 6.67. The lowest BCUT2D eigenvalue weighted by atomic mass is 10.1. The number of ether oxygens (including phenoxy) is 1. The number of carbonyl (C=O) groups is 1. The molecule has 2 aromatic heterocycles. The number of amides is 1. The van der Waals surface area contributed by atoms with Crippen LogP contribution >= 0.6 is 11.3 Å². The first-order chi connectivity index (χ1) is 11.8. The number of morpholine rings is 1. The van der Waals surface area contributed by atoms with E-state index in [0.29, 0.717) is 11.4 Å². The van der Waals surface area contributed by atoms with Crippen molar-refractivity contribution in [3.63, 3.8) is 0 Å². The molecule has 24 heavy (non-hydrogen) atoms. The van der Waals surface area contributed by atoms with Crippen molar-refractivity contribution in [2.24, 2.45) is 0 Å². The summed E-state index contributed by atoms with van der Waals surface area (Å²) < 4.78 is 5.36. The minimum atomic E-state index is -0.135. The van der Waals surface area contributed by atoms with Crippen molar-refractivity contribution >= 4 is 33.3 Å². The average Bonchev–Trinajstić information content (AvgIpc) is 3.22. The van der Waals surface area contributed by atoms with Gasteiger partial charge in [0.1, 0.15) is 10.6 Å². The number of thiophene rings is 1. The summed E-state index contributed by atoms with van der Waals surface area (Å²) >= 11 is 1.54. The van der Waals surface area contributed by atoms with E-state index < -0.39 is 0 Å². The van der Waals surface area contributed by atoms with Crippen molar-refractivity contribution < 1.29 is 9.53 Å². The zero-order valence-corrected chi connectivity index (χ0v) is 13.9. The van der Waals surface area contributed by atoms with E-state index in [9.17, 15) is 4.79 Å². The third-order valence-corrected chi connectivity index (χ3v) is 4.95. The molecule has 0 saturated carbocycles. The van der Waals surface area contributed by atoms with Gasteiger partial charge in [0.15, 0.2) is 0 Å². The molecular formula is C17H18N4O2S.